The van der Waals surface area contributed by atoms with Crippen LogP contribution in [-0.4, -0.2) is 4.98 Å². The fourth-order valence-corrected chi connectivity index (χ4v) is 1.70. The number of alkyl halides is 3. The molecular formula is C14H12F4N2O. The average molecular weight is 300 g/mol. The Bertz CT molecular complexity index is 656. The van der Waals surface area contributed by atoms with E-state index in [2.05, 4.69) is 4.98 Å². The summed E-state index contributed by atoms with van der Waals surface area (Å²) in [6, 6.07) is 5.79. The maximum Gasteiger partial charge on any atom is 0.419 e. The minimum absolute atomic E-state index is 0.109. The SMILES string of the molecule is Cc1ccc(CN)c(Oc2ccc(F)c(C(F)(F)F)c2)n1. The van der Waals surface area contributed by atoms with E-state index in [0.29, 0.717) is 23.4 Å². The summed E-state index contributed by atoms with van der Waals surface area (Å²) in [7, 11) is 0. The van der Waals surface area contributed by atoms with E-state index in [9.17, 15) is 17.6 Å². The highest BCUT2D eigenvalue weighted by molar-refractivity contribution is 5.37. The van der Waals surface area contributed by atoms with Crippen molar-refractivity contribution in [1.29, 1.82) is 0 Å². The van der Waals surface area contributed by atoms with Crippen LogP contribution in [0.2, 0.25) is 0 Å². The zero-order valence-electron chi connectivity index (χ0n) is 11.0. The van der Waals surface area contributed by atoms with Crippen molar-refractivity contribution in [2.24, 2.45) is 5.73 Å². The van der Waals surface area contributed by atoms with Gasteiger partial charge in [0.15, 0.2) is 0 Å². The van der Waals surface area contributed by atoms with Gasteiger partial charge in [0.05, 0.1) is 5.56 Å². The van der Waals surface area contributed by atoms with Gasteiger partial charge in [0, 0.05) is 17.8 Å². The third kappa shape index (κ3) is 3.49. The number of ether oxygens (including phenoxy) is 1. The number of rotatable bonds is 3. The summed E-state index contributed by atoms with van der Waals surface area (Å²) in [4.78, 5) is 4.08. The van der Waals surface area contributed by atoms with Gasteiger partial charge in [-0.3, -0.25) is 0 Å². The molecule has 2 N–H and O–H groups in total. The number of nitrogens with zero attached hydrogens (tertiary/aromatic N) is 1. The minimum atomic E-state index is -4.79. The first kappa shape index (κ1) is 15.2. The van der Waals surface area contributed by atoms with Gasteiger partial charge in [0.1, 0.15) is 11.6 Å². The Kier molecular flexibility index (Phi) is 4.13. The predicted octanol–water partition coefficient (Wildman–Crippen LogP) is 3.80. The second-order valence-electron chi connectivity index (χ2n) is 4.36. The van der Waals surface area contributed by atoms with Crippen LogP contribution < -0.4 is 10.5 Å². The normalized spacial score (nSPS) is 11.5. The van der Waals surface area contributed by atoms with Crippen molar-refractivity contribution >= 4 is 0 Å². The van der Waals surface area contributed by atoms with Crippen LogP contribution >= 0.6 is 0 Å². The molecule has 0 aliphatic carbocycles. The van der Waals surface area contributed by atoms with Crippen molar-refractivity contribution in [3.63, 3.8) is 0 Å². The molecule has 0 unspecified atom stereocenters. The molecule has 2 rings (SSSR count). The fourth-order valence-electron chi connectivity index (χ4n) is 1.70. The lowest BCUT2D eigenvalue weighted by atomic mass is 10.2. The first-order valence-electron chi connectivity index (χ1n) is 6.02. The smallest absolute Gasteiger partial charge is 0.419 e. The molecule has 112 valence electrons. The predicted molar refractivity (Wildman–Crippen MR) is 68.3 cm³/mol. The lowest BCUT2D eigenvalue weighted by Gasteiger charge is -2.12. The van der Waals surface area contributed by atoms with Crippen molar-refractivity contribution in [2.45, 2.75) is 19.6 Å². The van der Waals surface area contributed by atoms with Crippen LogP contribution in [0.25, 0.3) is 0 Å². The molecule has 3 nitrogen and oxygen atoms in total. The summed E-state index contributed by atoms with van der Waals surface area (Å²) >= 11 is 0. The molecule has 2 aromatic rings. The van der Waals surface area contributed by atoms with Gasteiger partial charge in [-0.2, -0.15) is 13.2 Å². The molecule has 21 heavy (non-hydrogen) atoms. The highest BCUT2D eigenvalue weighted by Gasteiger charge is 2.34. The molecule has 0 atom stereocenters. The molecule has 0 fully saturated rings. The maximum atomic E-state index is 13.2. The van der Waals surface area contributed by atoms with E-state index in [1.54, 1.807) is 19.1 Å². The highest BCUT2D eigenvalue weighted by Crippen LogP contribution is 2.35. The van der Waals surface area contributed by atoms with E-state index >= 15 is 0 Å². The van der Waals surface area contributed by atoms with Crippen LogP contribution in [0.5, 0.6) is 11.6 Å². The third-order valence-corrected chi connectivity index (χ3v) is 2.76. The van der Waals surface area contributed by atoms with Gasteiger partial charge >= 0.3 is 6.18 Å². The Balaban J connectivity index is 2.39. The van der Waals surface area contributed by atoms with E-state index in [-0.39, 0.29) is 18.2 Å². The van der Waals surface area contributed by atoms with Crippen molar-refractivity contribution in [1.82, 2.24) is 4.98 Å². The first-order valence-corrected chi connectivity index (χ1v) is 6.02. The molecule has 1 aromatic heterocycles. The summed E-state index contributed by atoms with van der Waals surface area (Å²) in [5.74, 6) is -1.40. The van der Waals surface area contributed by atoms with Gasteiger partial charge in [0.25, 0.3) is 0 Å². The molecule has 0 aliphatic heterocycles. The number of aryl methyl sites for hydroxylation is 1. The Morgan fingerprint density at radius 2 is 1.90 bits per heavy atom. The monoisotopic (exact) mass is 300 g/mol. The average Bonchev–Trinajstić information content (AvgIpc) is 2.40. The highest BCUT2D eigenvalue weighted by atomic mass is 19.4. The number of hydrogen-bond acceptors (Lipinski definition) is 3. The summed E-state index contributed by atoms with van der Waals surface area (Å²) in [6.07, 6.45) is -4.79. The van der Waals surface area contributed by atoms with E-state index in [0.717, 1.165) is 6.07 Å². The summed E-state index contributed by atoms with van der Waals surface area (Å²) < 4.78 is 56.5. The van der Waals surface area contributed by atoms with E-state index in [1.165, 1.54) is 0 Å². The molecule has 0 bridgehead atoms. The van der Waals surface area contributed by atoms with Crippen LogP contribution in [0.3, 0.4) is 0 Å². The van der Waals surface area contributed by atoms with Crippen molar-refractivity contribution in [3.8, 4) is 11.6 Å². The van der Waals surface area contributed by atoms with Gasteiger partial charge in [0.2, 0.25) is 5.88 Å². The molecule has 0 saturated carbocycles. The Morgan fingerprint density at radius 3 is 2.52 bits per heavy atom. The second-order valence-corrected chi connectivity index (χ2v) is 4.36. The third-order valence-electron chi connectivity index (χ3n) is 2.76. The number of aromatic nitrogens is 1. The van der Waals surface area contributed by atoms with E-state index in [1.807, 2.05) is 0 Å². The van der Waals surface area contributed by atoms with Crippen LogP contribution in [0.1, 0.15) is 16.8 Å². The fraction of sp³-hybridized carbons (Fsp3) is 0.214. The van der Waals surface area contributed by atoms with Crippen LogP contribution in [0, 0.1) is 12.7 Å². The van der Waals surface area contributed by atoms with Gasteiger partial charge in [-0.15, -0.1) is 0 Å². The molecule has 7 heteroatoms. The zero-order chi connectivity index (χ0) is 15.6. The van der Waals surface area contributed by atoms with E-state index in [4.69, 9.17) is 10.5 Å². The summed E-state index contributed by atoms with van der Waals surface area (Å²) in [5, 5.41) is 0. The van der Waals surface area contributed by atoms with Crippen LogP contribution in [-0.2, 0) is 12.7 Å². The molecule has 1 aromatic carbocycles. The Hall–Kier alpha value is -2.15. The number of hydrogen-bond donors (Lipinski definition) is 1. The number of pyridine rings is 1. The second kappa shape index (κ2) is 5.69. The molecular weight excluding hydrogens is 288 g/mol. The first-order chi connectivity index (χ1) is 9.81. The van der Waals surface area contributed by atoms with Crippen LogP contribution in [0.4, 0.5) is 17.6 Å². The Morgan fingerprint density at radius 1 is 1.19 bits per heavy atom. The quantitative estimate of drug-likeness (QED) is 0.877. The van der Waals surface area contributed by atoms with Crippen molar-refractivity contribution in [2.75, 3.05) is 0 Å². The molecule has 0 saturated heterocycles. The van der Waals surface area contributed by atoms with Crippen molar-refractivity contribution < 1.29 is 22.3 Å². The maximum absolute atomic E-state index is 13.2. The van der Waals surface area contributed by atoms with Crippen LogP contribution in [0.15, 0.2) is 30.3 Å². The molecule has 0 spiro atoms. The van der Waals surface area contributed by atoms with Gasteiger partial charge in [-0.1, -0.05) is 6.07 Å². The molecule has 0 aliphatic rings. The minimum Gasteiger partial charge on any atom is -0.439 e. The lowest BCUT2D eigenvalue weighted by molar-refractivity contribution is -0.140. The van der Waals surface area contributed by atoms with E-state index < -0.39 is 17.6 Å². The largest absolute Gasteiger partial charge is 0.439 e. The topological polar surface area (TPSA) is 48.1 Å². The number of nitrogens with two attached hydrogens (primary N) is 1. The van der Waals surface area contributed by atoms with Gasteiger partial charge < -0.3 is 10.5 Å². The summed E-state index contributed by atoms with van der Waals surface area (Å²) in [5.41, 5.74) is 5.30. The molecule has 1 heterocycles. The zero-order valence-corrected chi connectivity index (χ0v) is 11.0. The number of halogens is 4. The Labute approximate surface area is 118 Å². The standard InChI is InChI=1S/C14H12F4N2O/c1-8-2-3-9(7-19)13(20-8)21-10-4-5-12(15)11(6-10)14(16,17)18/h2-6H,7,19H2,1H3. The lowest BCUT2D eigenvalue weighted by Crippen LogP contribution is -2.08. The van der Waals surface area contributed by atoms with Gasteiger partial charge in [-0.05, 0) is 31.2 Å². The van der Waals surface area contributed by atoms with Gasteiger partial charge in [-0.25, -0.2) is 9.37 Å². The molecule has 0 radical (unpaired) electrons. The summed E-state index contributed by atoms with van der Waals surface area (Å²) in [6.45, 7) is 1.83. The van der Waals surface area contributed by atoms with Crippen molar-refractivity contribution in [3.05, 3.63) is 53.0 Å². The number of benzene rings is 1. The molecule has 0 amide bonds.